The van der Waals surface area contributed by atoms with Crippen LogP contribution < -0.4 is 0 Å². The van der Waals surface area contributed by atoms with Crippen molar-refractivity contribution in [1.29, 1.82) is 0 Å². The minimum absolute atomic E-state index is 0.0973. The molecule has 0 saturated heterocycles. The summed E-state index contributed by atoms with van der Waals surface area (Å²) in [6, 6.07) is -0.615. The molecule has 9 rings (SSSR count). The van der Waals surface area contributed by atoms with Crippen molar-refractivity contribution < 1.29 is 31.8 Å². The Morgan fingerprint density at radius 3 is 1.38 bits per heavy atom. The maximum atomic E-state index is 9.53. The molecule has 0 amide bonds. The summed E-state index contributed by atoms with van der Waals surface area (Å²) in [5.41, 5.74) is -2.62. The fraction of sp³-hybridized carbons (Fsp3) is 0. The second-order valence-electron chi connectivity index (χ2n) is 10.1. The van der Waals surface area contributed by atoms with Gasteiger partial charge in [-0.3, -0.25) is 0 Å². The predicted octanol–water partition coefficient (Wildman–Crippen LogP) is 12.6. The minimum atomic E-state index is -0.748. The van der Waals surface area contributed by atoms with E-state index in [1.54, 1.807) is 48.5 Å². The molecule has 0 spiro atoms. The van der Waals surface area contributed by atoms with Crippen LogP contribution >= 0.6 is 0 Å². The van der Waals surface area contributed by atoms with Crippen LogP contribution in [0.15, 0.2) is 174 Å². The molecule has 9 aromatic rings. The van der Waals surface area contributed by atoms with Crippen molar-refractivity contribution in [3.8, 4) is 44.5 Å². The molecule has 0 saturated carbocycles. The lowest BCUT2D eigenvalue weighted by atomic mass is 9.84. The summed E-state index contributed by atoms with van der Waals surface area (Å²) >= 11 is 0. The molecule has 0 aliphatic rings. The predicted molar refractivity (Wildman–Crippen MR) is 190 cm³/mol. The fourth-order valence-electron chi connectivity index (χ4n) is 5.86. The first-order valence-corrected chi connectivity index (χ1v) is 13.8. The van der Waals surface area contributed by atoms with Gasteiger partial charge >= 0.3 is 0 Å². The van der Waals surface area contributed by atoms with Crippen molar-refractivity contribution in [2.24, 2.45) is 0 Å². The highest BCUT2D eigenvalue weighted by Crippen LogP contribution is 2.48. The number of rotatable bonds is 4. The van der Waals surface area contributed by atoms with Crippen molar-refractivity contribution in [3.63, 3.8) is 0 Å². The first-order chi connectivity index (χ1) is 30.7. The smallest absolute Gasteiger partial charge is 0.136 e. The highest BCUT2D eigenvalue weighted by atomic mass is 16.3. The van der Waals surface area contributed by atoms with E-state index in [-0.39, 0.29) is 38.6 Å². The number of hydrogen-bond donors (Lipinski definition) is 0. The molecule has 0 N–H and O–H groups in total. The molecule has 210 valence electrons. The average molecular weight is 593 g/mol. The molecular weight excluding hydrogens is 544 g/mol. The molecule has 0 aliphatic heterocycles. The maximum Gasteiger partial charge on any atom is 0.136 e. The lowest BCUT2D eigenvalue weighted by Gasteiger charge is -2.18. The third kappa shape index (κ3) is 4.09. The van der Waals surface area contributed by atoms with Gasteiger partial charge in [-0.1, -0.05) is 157 Å². The average Bonchev–Trinajstić information content (AvgIpc) is 3.69. The molecule has 0 radical (unpaired) electrons. The van der Waals surface area contributed by atoms with Crippen LogP contribution in [-0.2, 0) is 0 Å². The van der Waals surface area contributed by atoms with Crippen LogP contribution in [0.4, 0.5) is 0 Å². The van der Waals surface area contributed by atoms with Gasteiger partial charge in [0.1, 0.15) is 11.2 Å². The van der Waals surface area contributed by atoms with Crippen LogP contribution in [-0.4, -0.2) is 0 Å². The van der Waals surface area contributed by atoms with Crippen molar-refractivity contribution in [2.75, 3.05) is 0 Å². The van der Waals surface area contributed by atoms with Crippen LogP contribution in [0.3, 0.4) is 0 Å². The monoisotopic (exact) mass is 592 g/mol. The Bertz CT molecular complexity index is 3520. The number of fused-ring (bicyclic) bond motifs is 5. The molecule has 1 aromatic heterocycles. The fourth-order valence-corrected chi connectivity index (χ4v) is 5.86. The summed E-state index contributed by atoms with van der Waals surface area (Å²) in [4.78, 5) is 0. The van der Waals surface area contributed by atoms with Gasteiger partial charge in [0, 0.05) is 10.8 Å². The molecule has 0 aliphatic carbocycles. The first kappa shape index (κ1) is 12.6. The quantitative estimate of drug-likeness (QED) is 0.185. The van der Waals surface area contributed by atoms with Gasteiger partial charge in [0.25, 0.3) is 0 Å². The largest absolute Gasteiger partial charge is 0.456 e. The molecule has 1 nitrogen and oxygen atoms in total. The van der Waals surface area contributed by atoms with Gasteiger partial charge in [0.2, 0.25) is 0 Å². The summed E-state index contributed by atoms with van der Waals surface area (Å²) < 4.78 is 182. The molecule has 8 aromatic carbocycles. The Morgan fingerprint density at radius 1 is 0.356 bits per heavy atom. The second kappa shape index (κ2) is 10.4. The molecule has 1 heterocycles. The zero-order chi connectivity index (χ0) is 47.1. The lowest BCUT2D eigenvalue weighted by Crippen LogP contribution is -1.91. The third-order valence-electron chi connectivity index (χ3n) is 7.69. The van der Waals surface area contributed by atoms with Gasteiger partial charge in [0.15, 0.2) is 0 Å². The van der Waals surface area contributed by atoms with Crippen molar-refractivity contribution in [2.45, 2.75) is 0 Å². The molecule has 0 atom stereocenters. The van der Waals surface area contributed by atoms with Gasteiger partial charge in [-0.2, -0.15) is 0 Å². The van der Waals surface area contributed by atoms with E-state index in [1.807, 2.05) is 0 Å². The maximum absolute atomic E-state index is 9.53. The summed E-state index contributed by atoms with van der Waals surface area (Å²) in [6.07, 6.45) is 0. The van der Waals surface area contributed by atoms with E-state index in [1.165, 1.54) is 0 Å². The second-order valence-corrected chi connectivity index (χ2v) is 10.1. The van der Waals surface area contributed by atoms with Crippen molar-refractivity contribution >= 4 is 43.5 Å². The minimum Gasteiger partial charge on any atom is -0.456 e. The zero-order valence-corrected chi connectivity index (χ0v) is 23.0. The lowest BCUT2D eigenvalue weighted by molar-refractivity contribution is 0.669. The van der Waals surface area contributed by atoms with Gasteiger partial charge < -0.3 is 4.42 Å². The van der Waals surface area contributed by atoms with E-state index in [2.05, 4.69) is 0 Å². The number of hydrogen-bond acceptors (Lipinski definition) is 1. The van der Waals surface area contributed by atoms with E-state index in [0.29, 0.717) is 21.5 Å². The zero-order valence-electron chi connectivity index (χ0n) is 43.0. The first-order valence-electron chi connectivity index (χ1n) is 23.8. The highest BCUT2D eigenvalue weighted by molar-refractivity contribution is 6.26. The van der Waals surface area contributed by atoms with E-state index >= 15 is 0 Å². The van der Waals surface area contributed by atoms with E-state index in [9.17, 15) is 4.11 Å². The summed E-state index contributed by atoms with van der Waals surface area (Å²) in [5, 5.41) is 0.828. The summed E-state index contributed by atoms with van der Waals surface area (Å²) in [5.74, 6) is 0. The van der Waals surface area contributed by atoms with Crippen LogP contribution in [0, 0.1) is 0 Å². The van der Waals surface area contributed by atoms with E-state index in [0.717, 1.165) is 0 Å². The third-order valence-corrected chi connectivity index (χ3v) is 7.69. The SMILES string of the molecule is [2H]c1c([2H])c([2H])c(-c2c([2H])c([2H])c(-c3c4ccccc4c(-c4c([2H])c([2H])c([2H])c5oc6c([2H])c([2H])c([2H])c(-c7c([2H])c([2H])c([2H])c([2H])c7[2H])c6c45)c4ccccc34)c([2H])c2[2H])c([2H])c1[2H]. The normalized spacial score (nSPS) is 17.8. The van der Waals surface area contributed by atoms with Crippen molar-refractivity contribution in [1.82, 2.24) is 0 Å². The van der Waals surface area contributed by atoms with Gasteiger partial charge in [-0.25, -0.2) is 0 Å². The topological polar surface area (TPSA) is 13.1 Å². The van der Waals surface area contributed by atoms with Crippen LogP contribution in [0.2, 0.25) is 0 Å². The van der Waals surface area contributed by atoms with Gasteiger partial charge in [-0.05, 0) is 78.1 Å². The molecule has 0 fully saturated rings. The van der Waals surface area contributed by atoms with Crippen LogP contribution in [0.5, 0.6) is 0 Å². The van der Waals surface area contributed by atoms with E-state index < -0.39 is 149 Å². The molecule has 1 heteroatoms. The molecular formula is C44H28O. The Kier molecular flexibility index (Phi) is 2.90. The Balaban J connectivity index is 1.48. The summed E-state index contributed by atoms with van der Waals surface area (Å²) in [7, 11) is 0. The van der Waals surface area contributed by atoms with Crippen molar-refractivity contribution in [3.05, 3.63) is 169 Å². The molecule has 0 bridgehead atoms. The highest BCUT2D eigenvalue weighted by Gasteiger charge is 2.21. The number of furan rings is 1. The Morgan fingerprint density at radius 2 is 0.800 bits per heavy atom. The van der Waals surface area contributed by atoms with Crippen LogP contribution in [0.1, 0.15) is 27.4 Å². The Labute approximate surface area is 289 Å². The van der Waals surface area contributed by atoms with Crippen LogP contribution in [0.25, 0.3) is 88.0 Å². The summed E-state index contributed by atoms with van der Waals surface area (Å²) in [6.45, 7) is 0. The van der Waals surface area contributed by atoms with E-state index in [4.69, 9.17) is 27.7 Å². The van der Waals surface area contributed by atoms with Gasteiger partial charge in [0.05, 0.1) is 27.4 Å². The Hall–Kier alpha value is -5.92. The molecule has 0 unspecified atom stereocenters. The standard InChI is InChI=1S/C44H28O/c1-3-13-29(14-4-1)30-25-27-32(28-26-30)41-34-17-7-9-19-36(34)42(37-20-10-8-18-35(37)41)38-22-12-24-40-44(38)43-33(21-11-23-39(43)45-40)31-15-5-2-6-16-31/h1-28H/i1D,2D,3D,4D,5D,6D,11D,12D,13D,14D,15D,16D,21D,22D,23D,24D,25D,26D,27D,28D. The molecule has 45 heavy (non-hydrogen) atoms. The van der Waals surface area contributed by atoms with Gasteiger partial charge in [-0.15, -0.1) is 0 Å². The number of benzene rings is 8.